The van der Waals surface area contributed by atoms with Crippen molar-refractivity contribution < 1.29 is 5.11 Å². The number of benzene rings is 1. The minimum atomic E-state index is 0.192. The van der Waals surface area contributed by atoms with Crippen molar-refractivity contribution in [2.75, 3.05) is 60.2 Å². The second-order valence-electron chi connectivity index (χ2n) is 8.06. The summed E-state index contributed by atoms with van der Waals surface area (Å²) < 4.78 is 0. The molecule has 1 aliphatic rings. The van der Waals surface area contributed by atoms with Crippen LogP contribution in [0.4, 0.5) is 23.5 Å². The fourth-order valence-electron chi connectivity index (χ4n) is 3.84. The third-order valence-electron chi connectivity index (χ3n) is 5.56. The Balaban J connectivity index is 1.39. The van der Waals surface area contributed by atoms with Gasteiger partial charge in [0.05, 0.1) is 5.52 Å². The van der Waals surface area contributed by atoms with E-state index in [1.54, 1.807) is 6.20 Å². The maximum atomic E-state index is 8.99. The Bertz CT molecular complexity index is 1040. The Morgan fingerprint density at radius 2 is 1.64 bits per heavy atom. The Hall–Kier alpha value is -2.91. The molecule has 1 saturated heterocycles. The number of nitrogens with one attached hydrogen (secondary N) is 3. The van der Waals surface area contributed by atoms with Crippen LogP contribution in [0.25, 0.3) is 10.9 Å². The first-order chi connectivity index (χ1) is 16.2. The molecule has 0 bridgehead atoms. The van der Waals surface area contributed by atoms with Gasteiger partial charge in [-0.25, -0.2) is 0 Å². The number of hydrogen-bond acceptors (Lipinski definition) is 9. The molecule has 4 rings (SSSR count). The van der Waals surface area contributed by atoms with Gasteiger partial charge in [-0.05, 0) is 56.4 Å². The molecule has 2 aromatic heterocycles. The summed E-state index contributed by atoms with van der Waals surface area (Å²) in [5, 5.41) is 20.7. The van der Waals surface area contributed by atoms with Gasteiger partial charge in [-0.2, -0.15) is 15.0 Å². The lowest BCUT2D eigenvalue weighted by Gasteiger charge is -2.27. The highest BCUT2D eigenvalue weighted by molar-refractivity contribution is 6.31. The van der Waals surface area contributed by atoms with Crippen LogP contribution in [0.5, 0.6) is 0 Å². The van der Waals surface area contributed by atoms with E-state index in [9.17, 15) is 0 Å². The van der Waals surface area contributed by atoms with Crippen LogP contribution in [0.15, 0.2) is 30.5 Å². The van der Waals surface area contributed by atoms with Gasteiger partial charge in [0.25, 0.3) is 0 Å². The highest BCUT2D eigenvalue weighted by atomic mass is 35.5. The highest BCUT2D eigenvalue weighted by Crippen LogP contribution is 2.24. The van der Waals surface area contributed by atoms with Gasteiger partial charge in [0.2, 0.25) is 17.8 Å². The summed E-state index contributed by atoms with van der Waals surface area (Å²) in [7, 11) is 0. The molecule has 3 aromatic rings. The molecule has 9 nitrogen and oxygen atoms in total. The number of aliphatic hydroxyl groups excluding tert-OH is 1. The Morgan fingerprint density at radius 1 is 0.879 bits per heavy atom. The maximum Gasteiger partial charge on any atom is 0.231 e. The summed E-state index contributed by atoms with van der Waals surface area (Å²) in [5.41, 5.74) is 1.87. The van der Waals surface area contributed by atoms with Gasteiger partial charge in [0.15, 0.2) is 0 Å². The number of nitrogens with zero attached hydrogens (tertiary/aromatic N) is 5. The van der Waals surface area contributed by atoms with Gasteiger partial charge in [0, 0.05) is 61.6 Å². The minimum absolute atomic E-state index is 0.192. The number of piperidine rings is 1. The maximum absolute atomic E-state index is 8.99. The van der Waals surface area contributed by atoms with Crippen LogP contribution in [0.1, 0.15) is 32.1 Å². The highest BCUT2D eigenvalue weighted by Gasteiger charge is 2.16. The van der Waals surface area contributed by atoms with E-state index < -0.39 is 0 Å². The van der Waals surface area contributed by atoms with Crippen molar-refractivity contribution in [2.45, 2.75) is 32.1 Å². The lowest BCUT2D eigenvalue weighted by molar-refractivity contribution is 0.286. The third kappa shape index (κ3) is 6.55. The third-order valence-corrected chi connectivity index (χ3v) is 5.79. The van der Waals surface area contributed by atoms with E-state index in [4.69, 9.17) is 16.7 Å². The zero-order valence-electron chi connectivity index (χ0n) is 18.7. The molecule has 1 aromatic carbocycles. The standard InChI is InChI=1S/C23H31ClN8O/c24-17-6-7-18-19(8-10-25-20(18)16-17)26-11-12-28-22-29-21(27-9-2-5-15-33)30-23(31-22)32-13-3-1-4-14-32/h6-8,10,16,33H,1-5,9,11-15H2,(H,25,26)(H2,27,28,29,30,31). The van der Waals surface area contributed by atoms with Crippen molar-refractivity contribution in [3.63, 3.8) is 0 Å². The minimum Gasteiger partial charge on any atom is -0.396 e. The Morgan fingerprint density at radius 3 is 2.42 bits per heavy atom. The molecule has 0 amide bonds. The van der Waals surface area contributed by atoms with E-state index in [-0.39, 0.29) is 6.61 Å². The topological polar surface area (TPSA) is 111 Å². The molecule has 10 heteroatoms. The lowest BCUT2D eigenvalue weighted by atomic mass is 10.1. The average Bonchev–Trinajstić information content (AvgIpc) is 2.85. The van der Waals surface area contributed by atoms with E-state index >= 15 is 0 Å². The van der Waals surface area contributed by atoms with E-state index in [0.29, 0.717) is 42.5 Å². The largest absolute Gasteiger partial charge is 0.396 e. The van der Waals surface area contributed by atoms with Crippen molar-refractivity contribution in [2.24, 2.45) is 0 Å². The van der Waals surface area contributed by atoms with Crippen LogP contribution in [-0.2, 0) is 0 Å². The van der Waals surface area contributed by atoms with Gasteiger partial charge >= 0.3 is 0 Å². The molecule has 0 aliphatic carbocycles. The van der Waals surface area contributed by atoms with Gasteiger partial charge < -0.3 is 26.0 Å². The first kappa shape index (κ1) is 23.3. The molecule has 1 aliphatic heterocycles. The first-order valence-corrected chi connectivity index (χ1v) is 12.0. The number of aromatic nitrogens is 4. The quantitative estimate of drug-likeness (QED) is 0.311. The van der Waals surface area contributed by atoms with Crippen LogP contribution >= 0.6 is 11.6 Å². The van der Waals surface area contributed by atoms with Crippen LogP contribution < -0.4 is 20.9 Å². The van der Waals surface area contributed by atoms with Crippen molar-refractivity contribution in [3.05, 3.63) is 35.5 Å². The van der Waals surface area contributed by atoms with Crippen LogP contribution in [0.2, 0.25) is 5.02 Å². The number of hydrogen-bond donors (Lipinski definition) is 4. The van der Waals surface area contributed by atoms with Crippen LogP contribution in [0, 0.1) is 0 Å². The van der Waals surface area contributed by atoms with E-state index in [0.717, 1.165) is 55.4 Å². The second-order valence-corrected chi connectivity index (χ2v) is 8.50. The normalized spacial score (nSPS) is 13.8. The van der Waals surface area contributed by atoms with Gasteiger partial charge in [0.1, 0.15) is 0 Å². The molecule has 0 atom stereocenters. The molecule has 0 radical (unpaired) electrons. The molecular weight excluding hydrogens is 440 g/mol. The predicted molar refractivity (Wildman–Crippen MR) is 134 cm³/mol. The molecule has 0 saturated carbocycles. The molecule has 0 spiro atoms. The number of anilines is 4. The fraction of sp³-hybridized carbons (Fsp3) is 0.478. The van der Waals surface area contributed by atoms with E-state index in [2.05, 4.69) is 40.8 Å². The Labute approximate surface area is 199 Å². The molecule has 3 heterocycles. The molecular formula is C23H31ClN8O. The van der Waals surface area contributed by atoms with Crippen molar-refractivity contribution in [1.29, 1.82) is 0 Å². The van der Waals surface area contributed by atoms with Crippen molar-refractivity contribution >= 4 is 46.0 Å². The summed E-state index contributed by atoms with van der Waals surface area (Å²) >= 11 is 6.09. The first-order valence-electron chi connectivity index (χ1n) is 11.6. The number of aliphatic hydroxyl groups is 1. The summed E-state index contributed by atoms with van der Waals surface area (Å²) in [6.45, 7) is 4.17. The predicted octanol–water partition coefficient (Wildman–Crippen LogP) is 3.77. The van der Waals surface area contributed by atoms with Gasteiger partial charge in [-0.15, -0.1) is 0 Å². The van der Waals surface area contributed by atoms with Crippen LogP contribution in [-0.4, -0.2) is 64.4 Å². The lowest BCUT2D eigenvalue weighted by Crippen LogP contribution is -2.31. The van der Waals surface area contributed by atoms with Crippen molar-refractivity contribution in [3.8, 4) is 0 Å². The number of halogens is 1. The van der Waals surface area contributed by atoms with E-state index in [1.165, 1.54) is 6.42 Å². The smallest absolute Gasteiger partial charge is 0.231 e. The summed E-state index contributed by atoms with van der Waals surface area (Å²) in [5.74, 6) is 1.83. The van der Waals surface area contributed by atoms with Gasteiger partial charge in [-0.1, -0.05) is 11.6 Å². The zero-order valence-corrected chi connectivity index (χ0v) is 19.5. The monoisotopic (exact) mass is 470 g/mol. The number of rotatable bonds is 11. The zero-order chi connectivity index (χ0) is 22.9. The average molecular weight is 471 g/mol. The van der Waals surface area contributed by atoms with Crippen molar-refractivity contribution in [1.82, 2.24) is 19.9 Å². The summed E-state index contributed by atoms with van der Waals surface area (Å²) in [4.78, 5) is 20.4. The summed E-state index contributed by atoms with van der Waals surface area (Å²) in [6.07, 6.45) is 6.95. The molecule has 4 N–H and O–H groups in total. The molecule has 33 heavy (non-hydrogen) atoms. The van der Waals surface area contributed by atoms with Crippen LogP contribution in [0.3, 0.4) is 0 Å². The SMILES string of the molecule is OCCCCNc1nc(NCCNc2ccnc3cc(Cl)ccc23)nc(N2CCCCC2)n1. The van der Waals surface area contributed by atoms with E-state index in [1.807, 2.05) is 24.3 Å². The number of pyridine rings is 1. The Kier molecular flexibility index (Phi) is 8.32. The molecule has 176 valence electrons. The number of unbranched alkanes of at least 4 members (excludes halogenated alkanes) is 1. The van der Waals surface area contributed by atoms with Gasteiger partial charge in [-0.3, -0.25) is 4.98 Å². The molecule has 0 unspecified atom stereocenters. The fourth-order valence-corrected chi connectivity index (χ4v) is 4.01. The second kappa shape index (κ2) is 11.8. The summed E-state index contributed by atoms with van der Waals surface area (Å²) in [6, 6.07) is 7.67. The number of fused-ring (bicyclic) bond motifs is 1. The molecule has 1 fully saturated rings.